The van der Waals surface area contributed by atoms with Gasteiger partial charge in [-0.1, -0.05) is 18.2 Å². The van der Waals surface area contributed by atoms with Crippen molar-refractivity contribution in [2.75, 3.05) is 18.0 Å². The lowest BCUT2D eigenvalue weighted by Gasteiger charge is -2.17. The zero-order valence-electron chi connectivity index (χ0n) is 11.3. The summed E-state index contributed by atoms with van der Waals surface area (Å²) in [5.41, 5.74) is 4.02. The van der Waals surface area contributed by atoms with Gasteiger partial charge >= 0.3 is 0 Å². The van der Waals surface area contributed by atoms with Crippen LogP contribution in [0.25, 0.3) is 21.8 Å². The molecule has 0 spiro atoms. The summed E-state index contributed by atoms with van der Waals surface area (Å²) in [7, 11) is 2.15. The Labute approximate surface area is 113 Å². The maximum atomic E-state index is 2.50. The maximum Gasteiger partial charge on any atom is 0.0490 e. The lowest BCUT2D eigenvalue weighted by Crippen LogP contribution is -2.17. The zero-order chi connectivity index (χ0) is 12.8. The molecule has 0 unspecified atom stereocenters. The molecule has 1 aromatic heterocycles. The number of anilines is 1. The molecule has 3 aromatic rings. The van der Waals surface area contributed by atoms with Crippen LogP contribution in [0.4, 0.5) is 5.69 Å². The number of hydrogen-bond donors (Lipinski definition) is 0. The summed E-state index contributed by atoms with van der Waals surface area (Å²) in [6.45, 7) is 2.41. The van der Waals surface area contributed by atoms with Crippen molar-refractivity contribution >= 4 is 27.5 Å². The van der Waals surface area contributed by atoms with E-state index in [1.165, 1.54) is 53.4 Å². The molecule has 2 heteroatoms. The molecular formula is C17H18N2. The van der Waals surface area contributed by atoms with E-state index in [0.29, 0.717) is 0 Å². The molecule has 96 valence electrons. The van der Waals surface area contributed by atoms with Crippen LogP contribution in [0.3, 0.4) is 0 Å². The number of aryl methyl sites for hydroxylation is 1. The van der Waals surface area contributed by atoms with Crippen LogP contribution >= 0.6 is 0 Å². The third kappa shape index (κ3) is 1.56. The first-order valence-electron chi connectivity index (χ1n) is 7.07. The van der Waals surface area contributed by atoms with E-state index >= 15 is 0 Å². The minimum Gasteiger partial charge on any atom is -0.372 e. The van der Waals surface area contributed by atoms with Gasteiger partial charge in [0.25, 0.3) is 0 Å². The highest BCUT2D eigenvalue weighted by atomic mass is 15.1. The number of fused-ring (bicyclic) bond motifs is 3. The Morgan fingerprint density at radius 3 is 2.42 bits per heavy atom. The van der Waals surface area contributed by atoms with Gasteiger partial charge < -0.3 is 9.47 Å². The molecule has 0 radical (unpaired) electrons. The van der Waals surface area contributed by atoms with Crippen LogP contribution in [0, 0.1) is 0 Å². The van der Waals surface area contributed by atoms with Crippen molar-refractivity contribution in [3.63, 3.8) is 0 Å². The van der Waals surface area contributed by atoms with Crippen molar-refractivity contribution in [2.45, 2.75) is 12.8 Å². The third-order valence-corrected chi connectivity index (χ3v) is 4.37. The smallest absolute Gasteiger partial charge is 0.0490 e. The fourth-order valence-corrected chi connectivity index (χ4v) is 3.33. The van der Waals surface area contributed by atoms with Crippen LogP contribution in [-0.4, -0.2) is 17.7 Å². The predicted octanol–water partition coefficient (Wildman–Crippen LogP) is 3.93. The van der Waals surface area contributed by atoms with Crippen LogP contribution in [0.2, 0.25) is 0 Å². The lowest BCUT2D eigenvalue weighted by molar-refractivity contribution is 0.949. The van der Waals surface area contributed by atoms with Gasteiger partial charge in [-0.25, -0.2) is 0 Å². The van der Waals surface area contributed by atoms with E-state index in [4.69, 9.17) is 0 Å². The first kappa shape index (κ1) is 10.9. The Kier molecular flexibility index (Phi) is 2.31. The van der Waals surface area contributed by atoms with E-state index in [1.807, 2.05) is 0 Å². The lowest BCUT2D eigenvalue weighted by atomic mass is 10.1. The molecule has 2 nitrogen and oxygen atoms in total. The van der Waals surface area contributed by atoms with E-state index in [1.54, 1.807) is 0 Å². The number of aromatic nitrogens is 1. The van der Waals surface area contributed by atoms with Crippen molar-refractivity contribution in [3.05, 3.63) is 42.5 Å². The second-order valence-electron chi connectivity index (χ2n) is 5.47. The molecule has 4 rings (SSSR count). The molecule has 0 saturated carbocycles. The van der Waals surface area contributed by atoms with Crippen LogP contribution in [0.5, 0.6) is 0 Å². The first-order chi connectivity index (χ1) is 9.34. The van der Waals surface area contributed by atoms with E-state index in [-0.39, 0.29) is 0 Å². The topological polar surface area (TPSA) is 8.17 Å². The fraction of sp³-hybridized carbons (Fsp3) is 0.294. The van der Waals surface area contributed by atoms with Gasteiger partial charge in [-0.15, -0.1) is 0 Å². The van der Waals surface area contributed by atoms with Crippen molar-refractivity contribution in [1.82, 2.24) is 4.57 Å². The molecule has 2 aromatic carbocycles. The molecule has 1 aliphatic rings. The van der Waals surface area contributed by atoms with Crippen LogP contribution in [0.1, 0.15) is 12.8 Å². The Bertz CT molecular complexity index is 748. The number of hydrogen-bond acceptors (Lipinski definition) is 1. The highest BCUT2D eigenvalue weighted by Gasteiger charge is 2.14. The molecule has 0 atom stereocenters. The minimum atomic E-state index is 1.20. The van der Waals surface area contributed by atoms with Crippen molar-refractivity contribution < 1.29 is 0 Å². The maximum absolute atomic E-state index is 2.50. The minimum absolute atomic E-state index is 1.20. The molecular weight excluding hydrogens is 232 g/mol. The van der Waals surface area contributed by atoms with Gasteiger partial charge in [0.15, 0.2) is 0 Å². The normalized spacial score (nSPS) is 15.7. The molecule has 1 fully saturated rings. The summed E-state index contributed by atoms with van der Waals surface area (Å²) in [4.78, 5) is 2.50. The van der Waals surface area contributed by atoms with Crippen LogP contribution < -0.4 is 4.90 Å². The summed E-state index contributed by atoms with van der Waals surface area (Å²) in [5, 5.41) is 2.74. The Hall–Kier alpha value is -1.96. The largest absolute Gasteiger partial charge is 0.372 e. The van der Waals surface area contributed by atoms with Gasteiger partial charge in [-0.05, 0) is 37.1 Å². The summed E-state index contributed by atoms with van der Waals surface area (Å²) < 4.78 is 2.29. The summed E-state index contributed by atoms with van der Waals surface area (Å²) in [6, 6.07) is 15.6. The zero-order valence-corrected chi connectivity index (χ0v) is 11.3. The number of nitrogens with zero attached hydrogens (tertiary/aromatic N) is 2. The molecule has 0 bridgehead atoms. The number of benzene rings is 2. The van der Waals surface area contributed by atoms with Crippen molar-refractivity contribution in [3.8, 4) is 0 Å². The SMILES string of the molecule is Cn1c2ccccc2c2cc(N3CCCC3)ccc21. The molecule has 0 aliphatic carbocycles. The molecule has 0 amide bonds. The van der Waals surface area contributed by atoms with Gasteiger partial charge in [-0.3, -0.25) is 0 Å². The highest BCUT2D eigenvalue weighted by Crippen LogP contribution is 2.32. The second kappa shape index (κ2) is 4.02. The first-order valence-corrected chi connectivity index (χ1v) is 7.07. The van der Waals surface area contributed by atoms with Gasteiger partial charge in [0, 0.05) is 47.6 Å². The number of para-hydroxylation sites is 1. The predicted molar refractivity (Wildman–Crippen MR) is 81.9 cm³/mol. The highest BCUT2D eigenvalue weighted by molar-refractivity contribution is 6.09. The molecule has 0 N–H and O–H groups in total. The average Bonchev–Trinajstić information content (AvgIpc) is 3.08. The van der Waals surface area contributed by atoms with Gasteiger partial charge in [0.05, 0.1) is 0 Å². The standard InChI is InChI=1S/C17H18N2/c1-18-16-7-3-2-6-14(16)15-12-13(8-9-17(15)18)19-10-4-5-11-19/h2-3,6-9,12H,4-5,10-11H2,1H3. The van der Waals surface area contributed by atoms with Gasteiger partial charge in [-0.2, -0.15) is 0 Å². The summed E-state index contributed by atoms with van der Waals surface area (Å²) >= 11 is 0. The van der Waals surface area contributed by atoms with E-state index < -0.39 is 0 Å². The molecule has 19 heavy (non-hydrogen) atoms. The Balaban J connectivity index is 1.99. The van der Waals surface area contributed by atoms with Crippen molar-refractivity contribution in [1.29, 1.82) is 0 Å². The van der Waals surface area contributed by atoms with Gasteiger partial charge in [0.1, 0.15) is 0 Å². The monoisotopic (exact) mass is 250 g/mol. The third-order valence-electron chi connectivity index (χ3n) is 4.37. The summed E-state index contributed by atoms with van der Waals surface area (Å²) in [6.07, 6.45) is 2.65. The van der Waals surface area contributed by atoms with E-state index in [0.717, 1.165) is 0 Å². The van der Waals surface area contributed by atoms with Crippen molar-refractivity contribution in [2.24, 2.45) is 7.05 Å². The molecule has 2 heterocycles. The second-order valence-corrected chi connectivity index (χ2v) is 5.47. The van der Waals surface area contributed by atoms with Crippen LogP contribution in [-0.2, 0) is 7.05 Å². The quantitative estimate of drug-likeness (QED) is 0.635. The molecule has 1 saturated heterocycles. The van der Waals surface area contributed by atoms with E-state index in [9.17, 15) is 0 Å². The van der Waals surface area contributed by atoms with Gasteiger partial charge in [0.2, 0.25) is 0 Å². The fourth-order valence-electron chi connectivity index (χ4n) is 3.33. The summed E-state index contributed by atoms with van der Waals surface area (Å²) in [5.74, 6) is 0. The number of rotatable bonds is 1. The Morgan fingerprint density at radius 2 is 1.58 bits per heavy atom. The van der Waals surface area contributed by atoms with E-state index in [2.05, 4.69) is 59.0 Å². The Morgan fingerprint density at radius 1 is 0.842 bits per heavy atom. The molecule has 1 aliphatic heterocycles. The average molecular weight is 250 g/mol. The van der Waals surface area contributed by atoms with Crippen LogP contribution in [0.15, 0.2) is 42.5 Å².